The zero-order chi connectivity index (χ0) is 22.0. The van der Waals surface area contributed by atoms with E-state index in [1.54, 1.807) is 44.0 Å². The third-order valence-electron chi connectivity index (χ3n) is 4.79. The highest BCUT2D eigenvalue weighted by Gasteiger charge is 2.31. The number of amidine groups is 1. The number of rotatable bonds is 6. The van der Waals surface area contributed by atoms with E-state index in [-0.39, 0.29) is 22.6 Å². The maximum absolute atomic E-state index is 12.4. The fraction of sp³-hybridized carbons (Fsp3) is 0.286. The van der Waals surface area contributed by atoms with Crippen LogP contribution in [0.4, 0.5) is 0 Å². The summed E-state index contributed by atoms with van der Waals surface area (Å²) in [5.41, 5.74) is 1.44. The minimum Gasteiger partial charge on any atom is -0.497 e. The van der Waals surface area contributed by atoms with Gasteiger partial charge in [-0.15, -0.1) is 0 Å². The first-order chi connectivity index (χ1) is 14.9. The van der Waals surface area contributed by atoms with Crippen LogP contribution in [-0.4, -0.2) is 56.8 Å². The highest BCUT2D eigenvalue weighted by Crippen LogP contribution is 2.27. The van der Waals surface area contributed by atoms with E-state index in [2.05, 4.69) is 14.7 Å². The average molecular weight is 460 g/mol. The van der Waals surface area contributed by atoms with E-state index >= 15 is 0 Å². The van der Waals surface area contributed by atoms with Crippen molar-refractivity contribution in [3.63, 3.8) is 0 Å². The van der Waals surface area contributed by atoms with Crippen LogP contribution in [0.15, 0.2) is 63.4 Å². The van der Waals surface area contributed by atoms with Gasteiger partial charge in [-0.3, -0.25) is 14.7 Å². The molecule has 162 valence electrons. The fourth-order valence-corrected chi connectivity index (χ4v) is 5.43. The van der Waals surface area contributed by atoms with Gasteiger partial charge in [-0.1, -0.05) is 23.9 Å². The van der Waals surface area contributed by atoms with Crippen molar-refractivity contribution in [2.45, 2.75) is 23.1 Å². The molecule has 2 aliphatic rings. The molecule has 2 aromatic carbocycles. The molecule has 0 saturated heterocycles. The number of carbonyl (C=O) groups is 1. The molecule has 1 N–H and O–H groups in total. The first-order valence-electron chi connectivity index (χ1n) is 9.59. The number of hydrogen-bond acceptors (Lipinski definition) is 8. The molecule has 0 fully saturated rings. The number of thioether (sulfide) groups is 1. The number of benzene rings is 2. The van der Waals surface area contributed by atoms with Gasteiger partial charge in [0.05, 0.1) is 28.8 Å². The summed E-state index contributed by atoms with van der Waals surface area (Å²) in [5.74, 6) is 0.413. The van der Waals surface area contributed by atoms with Gasteiger partial charge < -0.3 is 9.47 Å². The average Bonchev–Trinajstić information content (AvgIpc) is 3.35. The molecule has 0 amide bonds. The van der Waals surface area contributed by atoms with Gasteiger partial charge in [0, 0.05) is 11.1 Å². The van der Waals surface area contributed by atoms with Crippen molar-refractivity contribution < 1.29 is 22.7 Å². The number of esters is 1. The number of aliphatic imine (C=N–C) groups is 2. The smallest absolute Gasteiger partial charge is 0.330 e. The summed E-state index contributed by atoms with van der Waals surface area (Å²) in [6.07, 6.45) is 0. The fourth-order valence-electron chi connectivity index (χ4n) is 3.17. The standard InChI is InChI=1S/C21H21N3O5S2/c1-13(23-19-17-5-3-4-6-18(17)31(26,27)24-19)21(25)29-12-16-11-22-20(30-16)14-7-9-15(28-2)10-8-14/h3-10,13,16H,11-12H2,1-2H3,(H,23,24). The number of ether oxygens (including phenoxy) is 2. The van der Waals surface area contributed by atoms with Gasteiger partial charge >= 0.3 is 5.97 Å². The molecule has 2 aliphatic heterocycles. The number of fused-ring (bicyclic) bond motifs is 1. The van der Waals surface area contributed by atoms with E-state index in [1.165, 1.54) is 6.07 Å². The molecule has 0 aliphatic carbocycles. The van der Waals surface area contributed by atoms with Crippen LogP contribution in [0, 0.1) is 0 Å². The van der Waals surface area contributed by atoms with Crippen LogP contribution >= 0.6 is 11.8 Å². The van der Waals surface area contributed by atoms with Gasteiger partial charge in [-0.2, -0.15) is 0 Å². The predicted molar refractivity (Wildman–Crippen MR) is 119 cm³/mol. The highest BCUT2D eigenvalue weighted by molar-refractivity contribution is 8.15. The van der Waals surface area contributed by atoms with Crippen molar-refractivity contribution >= 4 is 38.6 Å². The zero-order valence-corrected chi connectivity index (χ0v) is 18.6. The summed E-state index contributed by atoms with van der Waals surface area (Å²) in [7, 11) is -2.03. The Bertz CT molecular complexity index is 1160. The van der Waals surface area contributed by atoms with Gasteiger partial charge in [0.2, 0.25) is 0 Å². The Labute approximate surface area is 184 Å². The zero-order valence-electron chi connectivity index (χ0n) is 16.9. The van der Waals surface area contributed by atoms with E-state index in [9.17, 15) is 13.2 Å². The SMILES string of the molecule is COc1ccc(C2=NCC(COC(=O)C(C)N=C3NS(=O)(=O)c4ccccc43)S2)cc1. The van der Waals surface area contributed by atoms with Crippen molar-refractivity contribution in [3.05, 3.63) is 59.7 Å². The van der Waals surface area contributed by atoms with E-state index < -0.39 is 22.0 Å². The molecule has 31 heavy (non-hydrogen) atoms. The molecule has 0 radical (unpaired) electrons. The lowest BCUT2D eigenvalue weighted by Gasteiger charge is -2.12. The molecule has 0 spiro atoms. The second-order valence-corrected chi connectivity index (χ2v) is 9.94. The van der Waals surface area contributed by atoms with Crippen molar-refractivity contribution in [2.75, 3.05) is 20.3 Å². The van der Waals surface area contributed by atoms with Crippen LogP contribution in [0.25, 0.3) is 0 Å². The topological polar surface area (TPSA) is 106 Å². The van der Waals surface area contributed by atoms with Crippen LogP contribution in [0.2, 0.25) is 0 Å². The minimum absolute atomic E-state index is 0.0200. The summed E-state index contributed by atoms with van der Waals surface area (Å²) in [4.78, 5) is 21.3. The quantitative estimate of drug-likeness (QED) is 0.664. The number of sulfonamides is 1. The Morgan fingerprint density at radius 1 is 1.26 bits per heavy atom. The first kappa shape index (κ1) is 21.4. The molecule has 0 aromatic heterocycles. The number of carbonyl (C=O) groups excluding carboxylic acids is 1. The summed E-state index contributed by atoms with van der Waals surface area (Å²) < 4.78 is 37.3. The number of methoxy groups -OCH3 is 1. The number of nitrogens with zero attached hydrogens (tertiary/aromatic N) is 2. The maximum Gasteiger partial charge on any atom is 0.330 e. The third-order valence-corrected chi connectivity index (χ3v) is 7.40. The Morgan fingerprint density at radius 3 is 2.74 bits per heavy atom. The van der Waals surface area contributed by atoms with Gasteiger partial charge in [0.25, 0.3) is 10.0 Å². The third kappa shape index (κ3) is 4.59. The van der Waals surface area contributed by atoms with Crippen LogP contribution in [-0.2, 0) is 19.6 Å². The van der Waals surface area contributed by atoms with E-state index in [4.69, 9.17) is 9.47 Å². The Hall–Kier alpha value is -2.85. The molecule has 8 nitrogen and oxygen atoms in total. The molecule has 10 heteroatoms. The molecule has 2 atom stereocenters. The van der Waals surface area contributed by atoms with Gasteiger partial charge in [0.1, 0.15) is 24.2 Å². The van der Waals surface area contributed by atoms with Crippen molar-refractivity contribution in [1.82, 2.24) is 4.72 Å². The van der Waals surface area contributed by atoms with Crippen LogP contribution in [0.5, 0.6) is 5.75 Å². The molecule has 4 rings (SSSR count). The van der Waals surface area contributed by atoms with Crippen LogP contribution in [0.1, 0.15) is 18.1 Å². The molecule has 2 aromatic rings. The van der Waals surface area contributed by atoms with Gasteiger partial charge in [-0.05, 0) is 43.3 Å². The normalized spacial score (nSPS) is 21.2. The van der Waals surface area contributed by atoms with Gasteiger partial charge in [0.15, 0.2) is 0 Å². The minimum atomic E-state index is -3.65. The molecule has 2 unspecified atom stereocenters. The summed E-state index contributed by atoms with van der Waals surface area (Å²) in [6.45, 7) is 2.32. The van der Waals surface area contributed by atoms with Crippen molar-refractivity contribution in [1.29, 1.82) is 0 Å². The second kappa shape index (κ2) is 8.72. The van der Waals surface area contributed by atoms with Crippen LogP contribution in [0.3, 0.4) is 0 Å². The Morgan fingerprint density at radius 2 is 2.00 bits per heavy atom. The van der Waals surface area contributed by atoms with Crippen LogP contribution < -0.4 is 9.46 Å². The lowest BCUT2D eigenvalue weighted by Crippen LogP contribution is -2.28. The monoisotopic (exact) mass is 459 g/mol. The van der Waals surface area contributed by atoms with E-state index in [0.717, 1.165) is 16.4 Å². The second-order valence-electron chi connectivity index (χ2n) is 7.00. The Kier molecular flexibility index (Phi) is 6.01. The number of hydrogen-bond donors (Lipinski definition) is 1. The summed E-state index contributed by atoms with van der Waals surface area (Å²) in [5, 5.41) is 0.917. The molecular formula is C21H21N3O5S2. The van der Waals surface area contributed by atoms with Crippen molar-refractivity contribution in [2.24, 2.45) is 9.98 Å². The maximum atomic E-state index is 12.4. The molecule has 2 heterocycles. The molecular weight excluding hydrogens is 438 g/mol. The summed E-state index contributed by atoms with van der Waals surface area (Å²) in [6, 6.07) is 13.3. The lowest BCUT2D eigenvalue weighted by atomic mass is 10.2. The van der Waals surface area contributed by atoms with Gasteiger partial charge in [-0.25, -0.2) is 13.2 Å². The summed E-state index contributed by atoms with van der Waals surface area (Å²) >= 11 is 1.56. The first-order valence-corrected chi connectivity index (χ1v) is 12.0. The largest absolute Gasteiger partial charge is 0.497 e. The molecule has 0 bridgehead atoms. The number of nitrogens with one attached hydrogen (secondary N) is 1. The van der Waals surface area contributed by atoms with Crippen molar-refractivity contribution in [3.8, 4) is 5.75 Å². The lowest BCUT2D eigenvalue weighted by molar-refractivity contribution is -0.144. The highest BCUT2D eigenvalue weighted by atomic mass is 32.2. The molecule has 0 saturated carbocycles. The Balaban J connectivity index is 1.33. The van der Waals surface area contributed by atoms with E-state index in [1.807, 2.05) is 24.3 Å². The van der Waals surface area contributed by atoms with E-state index in [0.29, 0.717) is 12.1 Å². The predicted octanol–water partition coefficient (Wildman–Crippen LogP) is 2.23.